The lowest BCUT2D eigenvalue weighted by Gasteiger charge is -2.55. The Morgan fingerprint density at radius 1 is 0.983 bits per heavy atom. The normalized spacial score (nSPS) is 22.7. The standard InChI is InChI=1S/C46H56N8O5S/c1-30(55)32-11-9-31(10-12-32)27-49-40-14-13-37(23-39(40)47)60(57,58)52-45(56)38-29-50-43(24-42(38)59-36-22-34-15-18-48-44(34)51-28-36)53-20-16-46(17-21-53)25-35(26-46)54-19-5-8-41(54)33-6-3-2-4-7-33/h2-4,6-7,13-15,18,22-24,28-32,35,41,49,55H,5,8-12,16-17,19-21,25-27,47H2,1H3,(H,48,51)(H,52,56). The number of pyridine rings is 2. The van der Waals surface area contributed by atoms with Crippen molar-refractivity contribution in [3.63, 3.8) is 0 Å². The number of nitrogen functional groups attached to an aromatic ring is 1. The summed E-state index contributed by atoms with van der Waals surface area (Å²) < 4.78 is 35.9. The number of aromatic amines is 1. The highest BCUT2D eigenvalue weighted by Crippen LogP contribution is 2.54. The summed E-state index contributed by atoms with van der Waals surface area (Å²) in [6, 6.07) is 21.9. The third-order valence-electron chi connectivity index (χ3n) is 13.8. The first-order chi connectivity index (χ1) is 29.0. The number of rotatable bonds is 12. The fourth-order valence-electron chi connectivity index (χ4n) is 10.2. The number of nitrogens with zero attached hydrogens (tertiary/aromatic N) is 4. The van der Waals surface area contributed by atoms with Gasteiger partial charge in [-0.3, -0.25) is 9.69 Å². The van der Waals surface area contributed by atoms with E-state index in [2.05, 4.69) is 60.1 Å². The van der Waals surface area contributed by atoms with Crippen molar-refractivity contribution >= 4 is 44.2 Å². The molecule has 14 heteroatoms. The number of aliphatic hydroxyl groups is 1. The molecule has 1 amide bonds. The van der Waals surface area contributed by atoms with E-state index in [1.54, 1.807) is 24.5 Å². The zero-order chi connectivity index (χ0) is 41.4. The molecule has 4 fully saturated rings. The Balaban J connectivity index is 0.873. The molecule has 2 unspecified atom stereocenters. The quantitative estimate of drug-likeness (QED) is 0.0781. The first kappa shape index (κ1) is 40.2. The number of hydrogen-bond acceptors (Lipinski definition) is 11. The van der Waals surface area contributed by atoms with Gasteiger partial charge in [-0.2, -0.15) is 0 Å². The van der Waals surface area contributed by atoms with Gasteiger partial charge >= 0.3 is 0 Å². The van der Waals surface area contributed by atoms with E-state index < -0.39 is 15.9 Å². The fraction of sp³-hybridized carbons (Fsp3) is 0.457. The molecule has 4 aliphatic rings. The molecule has 0 bridgehead atoms. The van der Waals surface area contributed by atoms with E-state index in [1.165, 1.54) is 56.1 Å². The summed E-state index contributed by atoms with van der Waals surface area (Å²) in [5.74, 6) is 1.15. The summed E-state index contributed by atoms with van der Waals surface area (Å²) in [7, 11) is -4.32. The first-order valence-electron chi connectivity index (χ1n) is 21.6. The number of amides is 1. The maximum Gasteiger partial charge on any atom is 0.270 e. The average molecular weight is 833 g/mol. The monoisotopic (exact) mass is 832 g/mol. The lowest BCUT2D eigenvalue weighted by molar-refractivity contribution is -0.0227. The van der Waals surface area contributed by atoms with E-state index in [0.717, 1.165) is 57.0 Å². The van der Waals surface area contributed by atoms with Gasteiger partial charge in [0.25, 0.3) is 15.9 Å². The van der Waals surface area contributed by atoms with Gasteiger partial charge in [-0.15, -0.1) is 0 Å². The van der Waals surface area contributed by atoms with Crippen molar-refractivity contribution in [2.24, 2.45) is 17.3 Å². The second-order valence-corrected chi connectivity index (χ2v) is 19.4. The number of ether oxygens (including phenoxy) is 1. The number of aromatic nitrogens is 3. The van der Waals surface area contributed by atoms with Crippen LogP contribution in [0.4, 0.5) is 17.2 Å². The average Bonchev–Trinajstić information content (AvgIpc) is 3.93. The predicted molar refractivity (Wildman–Crippen MR) is 234 cm³/mol. The summed E-state index contributed by atoms with van der Waals surface area (Å²) >= 11 is 0. The van der Waals surface area contributed by atoms with Gasteiger partial charge in [0, 0.05) is 55.6 Å². The number of piperidine rings is 1. The number of likely N-dealkylation sites (tertiary alicyclic amines) is 1. The summed E-state index contributed by atoms with van der Waals surface area (Å²) in [6.07, 6.45) is 15.4. The van der Waals surface area contributed by atoms with Crippen LogP contribution >= 0.6 is 0 Å². The summed E-state index contributed by atoms with van der Waals surface area (Å²) in [5, 5.41) is 14.1. The number of fused-ring (bicyclic) bond motifs is 1. The van der Waals surface area contributed by atoms with Gasteiger partial charge in [0.05, 0.1) is 28.6 Å². The predicted octanol–water partition coefficient (Wildman–Crippen LogP) is 7.64. The SMILES string of the molecule is CC(O)C1CCC(CNc2ccc(S(=O)(=O)NC(=O)c3cnc(N4CCC5(CC4)CC(N4CCCC4c4ccccc4)C5)cc3Oc3cnc4[nH]ccc4c3)cc2N)CC1. The van der Waals surface area contributed by atoms with E-state index in [0.29, 0.717) is 58.8 Å². The first-order valence-corrected chi connectivity index (χ1v) is 23.1. The molecule has 1 spiro atoms. The Hall–Kier alpha value is -5.18. The number of anilines is 3. The number of aliphatic hydroxyl groups excluding tert-OH is 1. The highest BCUT2D eigenvalue weighted by molar-refractivity contribution is 7.90. The molecule has 2 saturated heterocycles. The molecule has 3 aromatic heterocycles. The van der Waals surface area contributed by atoms with Crippen molar-refractivity contribution < 1.29 is 23.1 Å². The molecule has 6 N–H and O–H groups in total. The maximum absolute atomic E-state index is 13.9. The number of benzene rings is 2. The van der Waals surface area contributed by atoms with Crippen LogP contribution in [0, 0.1) is 17.3 Å². The zero-order valence-electron chi connectivity index (χ0n) is 34.2. The van der Waals surface area contributed by atoms with Gasteiger partial charge in [-0.25, -0.2) is 23.1 Å². The molecule has 13 nitrogen and oxygen atoms in total. The molecule has 2 aliphatic heterocycles. The zero-order valence-corrected chi connectivity index (χ0v) is 35.0. The minimum atomic E-state index is -4.32. The summed E-state index contributed by atoms with van der Waals surface area (Å²) in [5.41, 5.74) is 9.66. The number of carbonyl (C=O) groups excluding carboxylic acids is 1. The van der Waals surface area contributed by atoms with Crippen LogP contribution in [0.25, 0.3) is 11.0 Å². The van der Waals surface area contributed by atoms with E-state index in [-0.39, 0.29) is 28.0 Å². The van der Waals surface area contributed by atoms with E-state index >= 15 is 0 Å². The maximum atomic E-state index is 13.9. The van der Waals surface area contributed by atoms with Gasteiger partial charge in [0.2, 0.25) is 0 Å². The van der Waals surface area contributed by atoms with Crippen molar-refractivity contribution in [2.75, 3.05) is 42.1 Å². The molecule has 5 heterocycles. The van der Waals surface area contributed by atoms with Gasteiger partial charge < -0.3 is 30.8 Å². The molecular weight excluding hydrogens is 777 g/mol. The second-order valence-electron chi connectivity index (χ2n) is 17.7. The van der Waals surface area contributed by atoms with Gasteiger partial charge in [0.1, 0.15) is 28.5 Å². The molecule has 9 rings (SSSR count). The highest BCUT2D eigenvalue weighted by Gasteiger charge is 2.50. The Labute approximate surface area is 352 Å². The smallest absolute Gasteiger partial charge is 0.270 e. The number of carbonyl (C=O) groups is 1. The summed E-state index contributed by atoms with van der Waals surface area (Å²) in [4.78, 5) is 30.9. The fourth-order valence-corrected chi connectivity index (χ4v) is 11.2. The topological polar surface area (TPSA) is 179 Å². The number of nitrogens with two attached hydrogens (primary N) is 1. The molecule has 2 aliphatic carbocycles. The molecule has 0 radical (unpaired) electrons. The lowest BCUT2D eigenvalue weighted by Crippen LogP contribution is -2.55. The van der Waals surface area contributed by atoms with Gasteiger partial charge in [0.15, 0.2) is 0 Å². The van der Waals surface area contributed by atoms with E-state index in [9.17, 15) is 18.3 Å². The Bertz CT molecular complexity index is 2420. The van der Waals surface area contributed by atoms with E-state index in [4.69, 9.17) is 15.5 Å². The molecule has 2 saturated carbocycles. The largest absolute Gasteiger partial charge is 0.455 e. The minimum Gasteiger partial charge on any atom is -0.455 e. The van der Waals surface area contributed by atoms with Crippen LogP contribution in [0.5, 0.6) is 11.5 Å². The second kappa shape index (κ2) is 16.7. The highest BCUT2D eigenvalue weighted by atomic mass is 32.2. The van der Waals surface area contributed by atoms with Crippen molar-refractivity contribution in [2.45, 2.75) is 94.2 Å². The molecule has 5 aromatic rings. The van der Waals surface area contributed by atoms with Crippen LogP contribution in [0.15, 0.2) is 90.2 Å². The van der Waals surface area contributed by atoms with Crippen LogP contribution in [-0.2, 0) is 10.0 Å². The molecule has 60 heavy (non-hydrogen) atoms. The van der Waals surface area contributed by atoms with Gasteiger partial charge in [-0.05, 0) is 131 Å². The third-order valence-corrected chi connectivity index (χ3v) is 15.2. The van der Waals surface area contributed by atoms with Crippen LogP contribution in [0.2, 0.25) is 0 Å². The molecule has 2 atom stereocenters. The number of H-pyrrole nitrogens is 1. The number of nitrogens with one attached hydrogen (secondary N) is 3. The Morgan fingerprint density at radius 2 is 1.77 bits per heavy atom. The molecular formula is C46H56N8O5S. The van der Waals surface area contributed by atoms with E-state index in [1.807, 2.05) is 19.1 Å². The van der Waals surface area contributed by atoms with Crippen LogP contribution < -0.4 is 25.4 Å². The Kier molecular flexibility index (Phi) is 11.2. The van der Waals surface area contributed by atoms with Crippen molar-refractivity contribution in [1.29, 1.82) is 0 Å². The van der Waals surface area contributed by atoms with Gasteiger partial charge in [-0.1, -0.05) is 30.3 Å². The van der Waals surface area contributed by atoms with Crippen LogP contribution in [-0.4, -0.2) is 77.6 Å². The lowest BCUT2D eigenvalue weighted by atomic mass is 9.60. The van der Waals surface area contributed by atoms with Crippen molar-refractivity contribution in [1.82, 2.24) is 24.6 Å². The number of hydrogen-bond donors (Lipinski definition) is 5. The van der Waals surface area contributed by atoms with Crippen molar-refractivity contribution in [3.8, 4) is 11.5 Å². The van der Waals surface area contributed by atoms with Crippen molar-refractivity contribution in [3.05, 3.63) is 96.4 Å². The van der Waals surface area contributed by atoms with Crippen LogP contribution in [0.1, 0.15) is 93.1 Å². The number of sulfonamides is 1. The summed E-state index contributed by atoms with van der Waals surface area (Å²) in [6.45, 7) is 5.37. The Morgan fingerprint density at radius 3 is 2.52 bits per heavy atom. The minimum absolute atomic E-state index is 0.0260. The molecule has 2 aromatic carbocycles. The third kappa shape index (κ3) is 8.42. The molecule has 316 valence electrons. The van der Waals surface area contributed by atoms with Crippen LogP contribution in [0.3, 0.4) is 0 Å².